The first-order valence-electron chi connectivity index (χ1n) is 6.05. The van der Waals surface area contributed by atoms with Crippen LogP contribution in [0.5, 0.6) is 0 Å². The second-order valence-corrected chi connectivity index (χ2v) is 4.92. The van der Waals surface area contributed by atoms with Gasteiger partial charge in [-0.2, -0.15) is 5.26 Å². The standard InChI is InChI=1S/C12H21N3O4/c1-9(2)15(6-4-5-13)11(18)14-8-12(3,19)7-10(16)17/h9,19H,4,6-8H2,1-3H3,(H,14,18)(H,16,17). The number of nitriles is 1. The number of rotatable bonds is 7. The molecule has 0 aromatic rings. The van der Waals surface area contributed by atoms with E-state index in [4.69, 9.17) is 10.4 Å². The van der Waals surface area contributed by atoms with Gasteiger partial charge in [0.1, 0.15) is 0 Å². The summed E-state index contributed by atoms with van der Waals surface area (Å²) in [6, 6.07) is 1.45. The molecule has 7 nitrogen and oxygen atoms in total. The predicted molar refractivity (Wildman–Crippen MR) is 68.3 cm³/mol. The second kappa shape index (κ2) is 7.59. The second-order valence-electron chi connectivity index (χ2n) is 4.92. The van der Waals surface area contributed by atoms with Crippen LogP contribution in [0.3, 0.4) is 0 Å². The van der Waals surface area contributed by atoms with Gasteiger partial charge in [-0.3, -0.25) is 4.79 Å². The molecule has 0 saturated heterocycles. The van der Waals surface area contributed by atoms with E-state index in [-0.39, 0.29) is 19.0 Å². The van der Waals surface area contributed by atoms with E-state index in [1.54, 1.807) is 0 Å². The minimum Gasteiger partial charge on any atom is -0.481 e. The predicted octanol–water partition coefficient (Wildman–Crippen LogP) is 0.546. The van der Waals surface area contributed by atoms with E-state index in [1.807, 2.05) is 19.9 Å². The molecule has 0 radical (unpaired) electrons. The normalized spacial score (nSPS) is 13.5. The van der Waals surface area contributed by atoms with Crippen LogP contribution in [-0.2, 0) is 4.79 Å². The van der Waals surface area contributed by atoms with Crippen LogP contribution in [0.25, 0.3) is 0 Å². The van der Waals surface area contributed by atoms with Crippen molar-refractivity contribution in [1.29, 1.82) is 5.26 Å². The number of nitrogens with zero attached hydrogens (tertiary/aromatic N) is 2. The molecule has 0 spiro atoms. The Morgan fingerprint density at radius 2 is 2.05 bits per heavy atom. The third-order valence-corrected chi connectivity index (χ3v) is 2.50. The lowest BCUT2D eigenvalue weighted by Gasteiger charge is -2.28. The molecule has 0 aliphatic rings. The molecule has 0 heterocycles. The van der Waals surface area contributed by atoms with Crippen molar-refractivity contribution in [3.8, 4) is 6.07 Å². The van der Waals surface area contributed by atoms with E-state index in [9.17, 15) is 14.7 Å². The molecule has 0 aliphatic heterocycles. The maximum Gasteiger partial charge on any atom is 0.317 e. The van der Waals surface area contributed by atoms with Gasteiger partial charge in [0.25, 0.3) is 0 Å². The number of aliphatic carboxylic acids is 1. The van der Waals surface area contributed by atoms with Gasteiger partial charge in [-0.25, -0.2) is 4.79 Å². The summed E-state index contributed by atoms with van der Waals surface area (Å²) in [6.07, 6.45) is -0.232. The van der Waals surface area contributed by atoms with E-state index >= 15 is 0 Å². The molecule has 0 saturated carbocycles. The number of carbonyl (C=O) groups is 2. The molecule has 0 aliphatic carbocycles. The minimum absolute atomic E-state index is 0.0854. The molecule has 3 N–H and O–H groups in total. The van der Waals surface area contributed by atoms with Crippen molar-refractivity contribution in [2.75, 3.05) is 13.1 Å². The van der Waals surface area contributed by atoms with Crippen molar-refractivity contribution in [2.45, 2.75) is 45.3 Å². The van der Waals surface area contributed by atoms with Crippen molar-refractivity contribution >= 4 is 12.0 Å². The molecular formula is C12H21N3O4. The SMILES string of the molecule is CC(C)N(CCC#N)C(=O)NCC(C)(O)CC(=O)O. The molecule has 1 unspecified atom stereocenters. The van der Waals surface area contributed by atoms with Crippen molar-refractivity contribution in [2.24, 2.45) is 0 Å². The van der Waals surface area contributed by atoms with Crippen LogP contribution < -0.4 is 5.32 Å². The van der Waals surface area contributed by atoms with Crippen LogP contribution >= 0.6 is 0 Å². The molecule has 0 aromatic heterocycles. The first kappa shape index (κ1) is 17.2. The zero-order chi connectivity index (χ0) is 15.1. The Hall–Kier alpha value is -1.81. The largest absolute Gasteiger partial charge is 0.481 e. The number of nitrogens with one attached hydrogen (secondary N) is 1. The van der Waals surface area contributed by atoms with Gasteiger partial charge in [-0.15, -0.1) is 0 Å². The fourth-order valence-corrected chi connectivity index (χ4v) is 1.52. The smallest absolute Gasteiger partial charge is 0.317 e. The highest BCUT2D eigenvalue weighted by atomic mass is 16.4. The van der Waals surface area contributed by atoms with Crippen LogP contribution in [0, 0.1) is 11.3 Å². The molecule has 0 rings (SSSR count). The number of hydrogen-bond acceptors (Lipinski definition) is 4. The minimum atomic E-state index is -1.50. The Balaban J connectivity index is 4.41. The van der Waals surface area contributed by atoms with E-state index in [0.717, 1.165) is 0 Å². The van der Waals surface area contributed by atoms with Crippen molar-refractivity contribution < 1.29 is 19.8 Å². The number of aliphatic hydroxyl groups is 1. The average molecular weight is 271 g/mol. The van der Waals surface area contributed by atoms with Gasteiger partial charge in [-0.05, 0) is 20.8 Å². The van der Waals surface area contributed by atoms with Crippen LogP contribution in [0.15, 0.2) is 0 Å². The van der Waals surface area contributed by atoms with Crippen LogP contribution in [-0.4, -0.2) is 51.8 Å². The summed E-state index contributed by atoms with van der Waals surface area (Å²) in [4.78, 5) is 23.9. The Kier molecular flexibility index (Phi) is 6.86. The summed E-state index contributed by atoms with van der Waals surface area (Å²) in [5, 5.41) is 29.4. The van der Waals surface area contributed by atoms with Crippen LogP contribution in [0.4, 0.5) is 4.79 Å². The first-order valence-corrected chi connectivity index (χ1v) is 6.05. The van der Waals surface area contributed by atoms with E-state index in [2.05, 4.69) is 5.32 Å². The lowest BCUT2D eigenvalue weighted by atomic mass is 10.0. The third-order valence-electron chi connectivity index (χ3n) is 2.50. The van der Waals surface area contributed by atoms with Crippen LogP contribution in [0.1, 0.15) is 33.6 Å². The molecule has 19 heavy (non-hydrogen) atoms. The Morgan fingerprint density at radius 3 is 2.47 bits per heavy atom. The average Bonchev–Trinajstić information content (AvgIpc) is 2.25. The summed E-state index contributed by atoms with van der Waals surface area (Å²) in [5.74, 6) is -1.13. The van der Waals surface area contributed by atoms with E-state index in [0.29, 0.717) is 6.54 Å². The molecular weight excluding hydrogens is 250 g/mol. The number of carboxylic acids is 1. The van der Waals surface area contributed by atoms with Gasteiger partial charge in [0.05, 0.1) is 24.5 Å². The summed E-state index contributed by atoms with van der Waals surface area (Å²) in [7, 11) is 0. The zero-order valence-corrected chi connectivity index (χ0v) is 11.5. The lowest BCUT2D eigenvalue weighted by Crippen LogP contribution is -2.49. The highest BCUT2D eigenvalue weighted by Crippen LogP contribution is 2.08. The highest BCUT2D eigenvalue weighted by molar-refractivity contribution is 5.75. The fraction of sp³-hybridized carbons (Fsp3) is 0.750. The van der Waals surface area contributed by atoms with Gasteiger partial charge in [0.15, 0.2) is 0 Å². The molecule has 0 aromatic carbocycles. The number of amides is 2. The molecule has 108 valence electrons. The Labute approximate surface area is 112 Å². The Morgan fingerprint density at radius 1 is 1.47 bits per heavy atom. The van der Waals surface area contributed by atoms with Gasteiger partial charge < -0.3 is 20.4 Å². The van der Waals surface area contributed by atoms with E-state index in [1.165, 1.54) is 11.8 Å². The van der Waals surface area contributed by atoms with Crippen molar-refractivity contribution in [3.05, 3.63) is 0 Å². The molecule has 7 heteroatoms. The summed E-state index contributed by atoms with van der Waals surface area (Å²) < 4.78 is 0. The van der Waals surface area contributed by atoms with Gasteiger partial charge >= 0.3 is 12.0 Å². The molecule has 1 atom stereocenters. The number of carbonyl (C=O) groups excluding carboxylic acids is 1. The maximum atomic E-state index is 11.9. The van der Waals surface area contributed by atoms with Gasteiger partial charge in [0, 0.05) is 19.1 Å². The van der Waals surface area contributed by atoms with Gasteiger partial charge in [-0.1, -0.05) is 0 Å². The summed E-state index contributed by atoms with van der Waals surface area (Å²) in [6.45, 7) is 5.10. The van der Waals surface area contributed by atoms with E-state index < -0.39 is 24.0 Å². The topological polar surface area (TPSA) is 114 Å². The maximum absolute atomic E-state index is 11.9. The van der Waals surface area contributed by atoms with Crippen LogP contribution in [0.2, 0.25) is 0 Å². The number of urea groups is 1. The van der Waals surface area contributed by atoms with Gasteiger partial charge in [0.2, 0.25) is 0 Å². The number of carboxylic acid groups (broad SMARTS) is 1. The quantitative estimate of drug-likeness (QED) is 0.625. The monoisotopic (exact) mass is 271 g/mol. The highest BCUT2D eigenvalue weighted by Gasteiger charge is 2.26. The Bertz CT molecular complexity index is 360. The number of hydrogen-bond donors (Lipinski definition) is 3. The van der Waals surface area contributed by atoms with Crippen molar-refractivity contribution in [1.82, 2.24) is 10.2 Å². The zero-order valence-electron chi connectivity index (χ0n) is 11.5. The molecule has 2 amide bonds. The fourth-order valence-electron chi connectivity index (χ4n) is 1.52. The first-order chi connectivity index (χ1) is 8.69. The molecule has 0 bridgehead atoms. The lowest BCUT2D eigenvalue weighted by molar-refractivity contribution is -0.141. The third kappa shape index (κ3) is 7.26. The molecule has 0 fully saturated rings. The summed E-state index contributed by atoms with van der Waals surface area (Å²) in [5.41, 5.74) is -1.50. The summed E-state index contributed by atoms with van der Waals surface area (Å²) >= 11 is 0. The van der Waals surface area contributed by atoms with Crippen molar-refractivity contribution in [3.63, 3.8) is 0 Å².